The van der Waals surface area contributed by atoms with E-state index in [-0.39, 0.29) is 11.4 Å². The van der Waals surface area contributed by atoms with E-state index < -0.39 is 0 Å². The summed E-state index contributed by atoms with van der Waals surface area (Å²) in [5, 5.41) is 5.94. The Morgan fingerprint density at radius 1 is 1.64 bits per heavy atom. The van der Waals surface area contributed by atoms with E-state index in [9.17, 15) is 4.79 Å². The largest absolute Gasteiger partial charge is 0.356 e. The lowest BCUT2D eigenvalue weighted by Crippen LogP contribution is -2.34. The Hall–Kier alpha value is -1.10. The van der Waals surface area contributed by atoms with Crippen LogP contribution in [0, 0.1) is 0 Å². The number of anilines is 1. The highest BCUT2D eigenvalue weighted by atomic mass is 32.2. The van der Waals surface area contributed by atoms with Crippen LogP contribution in [0.2, 0.25) is 0 Å². The average Bonchev–Trinajstić information content (AvgIpc) is 2.44. The third-order valence-corrected chi connectivity index (χ3v) is 2.95. The van der Waals surface area contributed by atoms with E-state index in [1.54, 1.807) is 11.8 Å². The molecule has 1 aliphatic rings. The van der Waals surface area contributed by atoms with Gasteiger partial charge < -0.3 is 10.6 Å². The molecule has 2 radical (unpaired) electrons. The van der Waals surface area contributed by atoms with E-state index in [1.165, 1.54) is 6.92 Å². The average molecular weight is 204 g/mol. The van der Waals surface area contributed by atoms with Crippen molar-refractivity contribution in [3.8, 4) is 0 Å². The van der Waals surface area contributed by atoms with E-state index in [0.717, 1.165) is 16.0 Å². The van der Waals surface area contributed by atoms with Gasteiger partial charge in [0.1, 0.15) is 7.85 Å². The second kappa shape index (κ2) is 3.57. The van der Waals surface area contributed by atoms with Crippen LogP contribution in [0.1, 0.15) is 6.92 Å². The van der Waals surface area contributed by atoms with Crippen LogP contribution in [0.25, 0.3) is 0 Å². The molecule has 14 heavy (non-hydrogen) atoms. The van der Waals surface area contributed by atoms with Crippen LogP contribution < -0.4 is 16.1 Å². The van der Waals surface area contributed by atoms with Crippen molar-refractivity contribution in [1.29, 1.82) is 0 Å². The van der Waals surface area contributed by atoms with Gasteiger partial charge in [0.25, 0.3) is 0 Å². The summed E-state index contributed by atoms with van der Waals surface area (Å²) in [6, 6.07) is 5.66. The number of carbonyl (C=O) groups excluding carboxylic acids is 1. The van der Waals surface area contributed by atoms with Gasteiger partial charge in [0.05, 0.1) is 0 Å². The highest BCUT2D eigenvalue weighted by molar-refractivity contribution is 8.00. The molecular weight excluding hydrogens is 195 g/mol. The predicted molar refractivity (Wildman–Crippen MR) is 58.9 cm³/mol. The molecule has 1 aromatic rings. The molecule has 0 bridgehead atoms. The predicted octanol–water partition coefficient (Wildman–Crippen LogP) is 0.418. The Kier molecular flexibility index (Phi) is 2.41. The summed E-state index contributed by atoms with van der Waals surface area (Å²) in [6.07, 6.45) is 0. The van der Waals surface area contributed by atoms with Crippen LogP contribution in [0.4, 0.5) is 5.69 Å². The Morgan fingerprint density at radius 3 is 3.14 bits per heavy atom. The molecule has 70 valence electrons. The highest BCUT2D eigenvalue weighted by Crippen LogP contribution is 2.36. The molecule has 5 heteroatoms. The van der Waals surface area contributed by atoms with Gasteiger partial charge in [0.15, 0.2) is 5.50 Å². The zero-order chi connectivity index (χ0) is 10.1. The molecule has 1 amide bonds. The smallest absolute Gasteiger partial charge is 0.219 e. The first-order valence-corrected chi connectivity index (χ1v) is 5.13. The number of rotatable bonds is 1. The lowest BCUT2D eigenvalue weighted by atomic mass is 9.96. The molecule has 0 aromatic heterocycles. The molecule has 3 nitrogen and oxygen atoms in total. The molecular formula is C9H9BN2OS. The van der Waals surface area contributed by atoms with Gasteiger partial charge in [0.2, 0.25) is 5.91 Å². The molecule has 0 saturated heterocycles. The van der Waals surface area contributed by atoms with Crippen molar-refractivity contribution in [2.45, 2.75) is 17.3 Å². The Morgan fingerprint density at radius 2 is 2.43 bits per heavy atom. The van der Waals surface area contributed by atoms with Gasteiger partial charge in [-0.15, -0.1) is 0 Å². The fraction of sp³-hybridized carbons (Fsp3) is 0.222. The molecule has 1 aromatic carbocycles. The second-order valence-corrected chi connectivity index (χ2v) is 4.25. The van der Waals surface area contributed by atoms with Gasteiger partial charge in [-0.3, -0.25) is 4.79 Å². The molecule has 0 saturated carbocycles. The fourth-order valence-corrected chi connectivity index (χ4v) is 2.37. The van der Waals surface area contributed by atoms with Crippen LogP contribution >= 0.6 is 11.8 Å². The first kappa shape index (κ1) is 9.46. The number of nitrogens with one attached hydrogen (secondary N) is 2. The number of hydrogen-bond donors (Lipinski definition) is 2. The van der Waals surface area contributed by atoms with Crippen molar-refractivity contribution in [2.24, 2.45) is 0 Å². The third-order valence-electron chi connectivity index (χ3n) is 1.87. The number of amides is 1. The van der Waals surface area contributed by atoms with Gasteiger partial charge in [-0.05, 0) is 12.1 Å². The zero-order valence-corrected chi connectivity index (χ0v) is 8.52. The molecule has 0 spiro atoms. The molecule has 1 atom stereocenters. The Balaban J connectivity index is 2.14. The van der Waals surface area contributed by atoms with Crippen molar-refractivity contribution in [3.05, 3.63) is 18.2 Å². The van der Waals surface area contributed by atoms with Gasteiger partial charge in [-0.25, -0.2) is 0 Å². The lowest BCUT2D eigenvalue weighted by molar-refractivity contribution is -0.119. The molecule has 1 heterocycles. The minimum atomic E-state index is -0.0794. The van der Waals surface area contributed by atoms with Gasteiger partial charge in [-0.2, -0.15) is 0 Å². The van der Waals surface area contributed by atoms with Gasteiger partial charge in [-0.1, -0.05) is 23.3 Å². The van der Waals surface area contributed by atoms with Crippen molar-refractivity contribution in [3.63, 3.8) is 0 Å². The van der Waals surface area contributed by atoms with E-state index in [2.05, 4.69) is 10.6 Å². The van der Waals surface area contributed by atoms with Crippen LogP contribution in [0.15, 0.2) is 23.1 Å². The van der Waals surface area contributed by atoms with Crippen LogP contribution in [0.3, 0.4) is 0 Å². The number of benzene rings is 1. The molecule has 2 rings (SSSR count). The number of carbonyl (C=O) groups is 1. The van der Waals surface area contributed by atoms with Crippen molar-refractivity contribution < 1.29 is 4.79 Å². The number of fused-ring (bicyclic) bond motifs is 1. The maximum Gasteiger partial charge on any atom is 0.219 e. The molecule has 0 aliphatic carbocycles. The van der Waals surface area contributed by atoms with Crippen LogP contribution in [-0.4, -0.2) is 19.3 Å². The molecule has 0 fully saturated rings. The van der Waals surface area contributed by atoms with Gasteiger partial charge in [0, 0.05) is 17.5 Å². The Labute approximate surface area is 88.1 Å². The highest BCUT2D eigenvalue weighted by Gasteiger charge is 2.21. The molecule has 1 unspecified atom stereocenters. The summed E-state index contributed by atoms with van der Waals surface area (Å²) in [5.74, 6) is -0.0456. The summed E-state index contributed by atoms with van der Waals surface area (Å²) < 4.78 is 0. The zero-order valence-electron chi connectivity index (χ0n) is 7.70. The van der Waals surface area contributed by atoms with Crippen molar-refractivity contribution >= 4 is 36.7 Å². The third kappa shape index (κ3) is 1.87. The van der Waals surface area contributed by atoms with E-state index >= 15 is 0 Å². The van der Waals surface area contributed by atoms with Crippen LogP contribution in [-0.2, 0) is 4.79 Å². The number of thioether (sulfide) groups is 1. The summed E-state index contributed by atoms with van der Waals surface area (Å²) in [6.45, 7) is 1.50. The monoisotopic (exact) mass is 204 g/mol. The Bertz CT molecular complexity index is 383. The quantitative estimate of drug-likeness (QED) is 0.651. The minimum Gasteiger partial charge on any atom is -0.356 e. The number of hydrogen-bond acceptors (Lipinski definition) is 3. The van der Waals surface area contributed by atoms with Crippen molar-refractivity contribution in [1.82, 2.24) is 5.32 Å². The summed E-state index contributed by atoms with van der Waals surface area (Å²) in [4.78, 5) is 11.9. The fourth-order valence-electron chi connectivity index (χ4n) is 1.31. The maximum atomic E-state index is 10.8. The summed E-state index contributed by atoms with van der Waals surface area (Å²) >= 11 is 1.57. The standard InChI is InChI=1S/C9H9BN2OS/c1-5(13)11-9-12-7-4-6(10)2-3-8(7)14-9/h2-4,9,12H,1H3,(H,11,13). The van der Waals surface area contributed by atoms with Crippen molar-refractivity contribution in [2.75, 3.05) is 5.32 Å². The van der Waals surface area contributed by atoms with E-state index in [4.69, 9.17) is 7.85 Å². The maximum absolute atomic E-state index is 10.8. The van der Waals surface area contributed by atoms with Gasteiger partial charge >= 0.3 is 0 Å². The molecule has 2 N–H and O–H groups in total. The first-order chi connectivity index (χ1) is 6.65. The molecule has 1 aliphatic heterocycles. The SMILES string of the molecule is [B]c1ccc2c(c1)NC(NC(C)=O)S2. The van der Waals surface area contributed by atoms with Crippen LogP contribution in [0.5, 0.6) is 0 Å². The topological polar surface area (TPSA) is 41.1 Å². The van der Waals surface area contributed by atoms with E-state index in [0.29, 0.717) is 0 Å². The summed E-state index contributed by atoms with van der Waals surface area (Å²) in [7, 11) is 5.64. The van der Waals surface area contributed by atoms with E-state index in [1.807, 2.05) is 18.2 Å². The first-order valence-electron chi connectivity index (χ1n) is 4.25. The summed E-state index contributed by atoms with van der Waals surface area (Å²) in [5.41, 5.74) is 1.62. The lowest BCUT2D eigenvalue weighted by Gasteiger charge is -2.10. The normalized spacial score (nSPS) is 18.5. The minimum absolute atomic E-state index is 0.0456. The second-order valence-electron chi connectivity index (χ2n) is 3.10.